The van der Waals surface area contributed by atoms with Crippen molar-refractivity contribution >= 4 is 17.4 Å². The van der Waals surface area contributed by atoms with Gasteiger partial charge in [0.15, 0.2) is 5.78 Å². The maximum atomic E-state index is 13.4. The lowest BCUT2D eigenvalue weighted by molar-refractivity contribution is 0.0992. The average molecular weight is 277 g/mol. The van der Waals surface area contributed by atoms with Gasteiger partial charge in [0.25, 0.3) is 0 Å². The van der Waals surface area contributed by atoms with Crippen LogP contribution in [-0.2, 0) is 6.42 Å². The van der Waals surface area contributed by atoms with E-state index in [4.69, 9.17) is 11.6 Å². The van der Waals surface area contributed by atoms with Gasteiger partial charge in [-0.2, -0.15) is 0 Å². The van der Waals surface area contributed by atoms with E-state index >= 15 is 0 Å². The molecule has 2 rings (SSSR count). The minimum absolute atomic E-state index is 0.0984. The second kappa shape index (κ2) is 5.54. The lowest BCUT2D eigenvalue weighted by Crippen LogP contribution is -2.07. The summed E-state index contributed by atoms with van der Waals surface area (Å²) < 4.78 is 13.4. The first-order chi connectivity index (χ1) is 9.00. The summed E-state index contributed by atoms with van der Waals surface area (Å²) in [5, 5.41) is -0.0984. The van der Waals surface area contributed by atoms with Gasteiger partial charge in [0.2, 0.25) is 0 Å². The normalized spacial score (nSPS) is 10.5. The van der Waals surface area contributed by atoms with Crippen molar-refractivity contribution in [2.75, 3.05) is 0 Å². The first-order valence-electron chi connectivity index (χ1n) is 6.03. The summed E-state index contributed by atoms with van der Waals surface area (Å²) in [6, 6.07) is 10.2. The molecule has 0 unspecified atom stereocenters. The highest BCUT2D eigenvalue weighted by molar-refractivity contribution is 6.34. The summed E-state index contributed by atoms with van der Waals surface area (Å²) in [4.78, 5) is 12.2. The topological polar surface area (TPSA) is 17.1 Å². The number of hydrogen-bond donors (Lipinski definition) is 0. The molecule has 0 fully saturated rings. The molecule has 2 aromatic carbocycles. The van der Waals surface area contributed by atoms with Crippen molar-refractivity contribution in [2.24, 2.45) is 0 Å². The first kappa shape index (κ1) is 13.8. The maximum absolute atomic E-state index is 13.4. The van der Waals surface area contributed by atoms with Gasteiger partial charge in [-0.25, -0.2) is 4.39 Å². The van der Waals surface area contributed by atoms with E-state index in [1.807, 2.05) is 32.0 Å². The van der Waals surface area contributed by atoms with Crippen molar-refractivity contribution in [3.05, 3.63) is 69.5 Å². The third kappa shape index (κ3) is 2.85. The van der Waals surface area contributed by atoms with E-state index in [-0.39, 0.29) is 22.8 Å². The fourth-order valence-corrected chi connectivity index (χ4v) is 2.33. The highest BCUT2D eigenvalue weighted by atomic mass is 35.5. The molecule has 3 heteroatoms. The third-order valence-corrected chi connectivity index (χ3v) is 3.62. The van der Waals surface area contributed by atoms with Crippen molar-refractivity contribution in [1.29, 1.82) is 0 Å². The first-order valence-corrected chi connectivity index (χ1v) is 6.41. The SMILES string of the molecule is Cc1cccc(C)c1CC(=O)c1cccc(F)c1Cl. The second-order valence-corrected chi connectivity index (χ2v) is 4.95. The molecule has 0 spiro atoms. The standard InChI is InChI=1S/C16H14ClFO/c1-10-5-3-6-11(2)13(10)9-15(19)12-7-4-8-14(18)16(12)17/h3-8H,9H2,1-2H3. The molecule has 0 amide bonds. The van der Waals surface area contributed by atoms with E-state index in [0.717, 1.165) is 16.7 Å². The number of carbonyl (C=O) groups is 1. The van der Waals surface area contributed by atoms with Gasteiger partial charge in [-0.05, 0) is 42.7 Å². The lowest BCUT2D eigenvalue weighted by Gasteiger charge is -2.10. The molecule has 1 nitrogen and oxygen atoms in total. The zero-order chi connectivity index (χ0) is 14.0. The third-order valence-electron chi connectivity index (χ3n) is 3.23. The Morgan fingerprint density at radius 1 is 1.11 bits per heavy atom. The molecule has 19 heavy (non-hydrogen) atoms. The molecule has 0 aliphatic heterocycles. The summed E-state index contributed by atoms with van der Waals surface area (Å²) in [7, 11) is 0. The molecule has 98 valence electrons. The fraction of sp³-hybridized carbons (Fsp3) is 0.188. The number of carbonyl (C=O) groups excluding carboxylic acids is 1. The average Bonchev–Trinajstić information content (AvgIpc) is 2.37. The monoisotopic (exact) mass is 276 g/mol. The quantitative estimate of drug-likeness (QED) is 0.753. The van der Waals surface area contributed by atoms with Crippen molar-refractivity contribution in [2.45, 2.75) is 20.3 Å². The highest BCUT2D eigenvalue weighted by Gasteiger charge is 2.15. The molecule has 0 aliphatic carbocycles. The van der Waals surface area contributed by atoms with Crippen LogP contribution >= 0.6 is 11.6 Å². The largest absolute Gasteiger partial charge is 0.294 e. The molecule has 0 aliphatic rings. The second-order valence-electron chi connectivity index (χ2n) is 4.57. The van der Waals surface area contributed by atoms with Gasteiger partial charge in [-0.1, -0.05) is 35.9 Å². The van der Waals surface area contributed by atoms with Gasteiger partial charge in [-0.15, -0.1) is 0 Å². The number of ketones is 1. The number of Topliss-reactive ketones (excluding diaryl/α,β-unsaturated/α-hetero) is 1. The number of rotatable bonds is 3. The molecule has 0 aromatic heterocycles. The summed E-state index contributed by atoms with van der Waals surface area (Å²) in [6.45, 7) is 3.92. The molecule has 0 heterocycles. The van der Waals surface area contributed by atoms with Crippen LogP contribution in [0.2, 0.25) is 5.02 Å². The summed E-state index contributed by atoms with van der Waals surface area (Å²) >= 11 is 5.84. The molecule has 2 aromatic rings. The molecule has 0 saturated carbocycles. The zero-order valence-electron chi connectivity index (χ0n) is 10.8. The van der Waals surface area contributed by atoms with Crippen LogP contribution in [0.15, 0.2) is 36.4 Å². The van der Waals surface area contributed by atoms with E-state index in [1.54, 1.807) is 6.07 Å². The summed E-state index contributed by atoms with van der Waals surface area (Å²) in [5.41, 5.74) is 3.33. The van der Waals surface area contributed by atoms with E-state index in [2.05, 4.69) is 0 Å². The highest BCUT2D eigenvalue weighted by Crippen LogP contribution is 2.23. The van der Waals surface area contributed by atoms with E-state index < -0.39 is 5.82 Å². The van der Waals surface area contributed by atoms with Crippen LogP contribution in [0.1, 0.15) is 27.0 Å². The van der Waals surface area contributed by atoms with Crippen molar-refractivity contribution in [3.8, 4) is 0 Å². The lowest BCUT2D eigenvalue weighted by atomic mass is 9.95. The Bertz CT molecular complexity index is 614. The van der Waals surface area contributed by atoms with E-state index in [1.165, 1.54) is 12.1 Å². The zero-order valence-corrected chi connectivity index (χ0v) is 11.6. The Hall–Kier alpha value is -1.67. The Kier molecular flexibility index (Phi) is 4.01. The van der Waals surface area contributed by atoms with Crippen LogP contribution in [0, 0.1) is 19.7 Å². The van der Waals surface area contributed by atoms with Crippen LogP contribution in [-0.4, -0.2) is 5.78 Å². The minimum atomic E-state index is -0.561. The Labute approximate surface area is 117 Å². The van der Waals surface area contributed by atoms with Gasteiger partial charge in [0, 0.05) is 12.0 Å². The Morgan fingerprint density at radius 2 is 1.68 bits per heavy atom. The molecule has 0 saturated heterocycles. The summed E-state index contributed by atoms with van der Waals surface area (Å²) in [6.07, 6.45) is 0.238. The van der Waals surface area contributed by atoms with Gasteiger partial charge in [0.1, 0.15) is 5.82 Å². The van der Waals surface area contributed by atoms with E-state index in [0.29, 0.717) is 0 Å². The molecular formula is C16H14ClFO. The number of halogens is 2. The molecular weight excluding hydrogens is 263 g/mol. The van der Waals surface area contributed by atoms with Crippen LogP contribution < -0.4 is 0 Å². The van der Waals surface area contributed by atoms with Crippen molar-refractivity contribution in [1.82, 2.24) is 0 Å². The molecule has 0 N–H and O–H groups in total. The van der Waals surface area contributed by atoms with Gasteiger partial charge >= 0.3 is 0 Å². The van der Waals surface area contributed by atoms with Crippen LogP contribution in [0.25, 0.3) is 0 Å². The fourth-order valence-electron chi connectivity index (χ4n) is 2.10. The molecule has 0 radical (unpaired) electrons. The number of hydrogen-bond acceptors (Lipinski definition) is 1. The van der Waals surface area contributed by atoms with Crippen LogP contribution in [0.3, 0.4) is 0 Å². The predicted octanol–water partition coefficient (Wildman–Crippen LogP) is 4.52. The smallest absolute Gasteiger partial charge is 0.168 e. The number of benzene rings is 2. The predicted molar refractivity (Wildman–Crippen MR) is 75.4 cm³/mol. The maximum Gasteiger partial charge on any atom is 0.168 e. The Morgan fingerprint density at radius 3 is 2.32 bits per heavy atom. The summed E-state index contributed by atoms with van der Waals surface area (Å²) in [5.74, 6) is -0.726. The van der Waals surface area contributed by atoms with E-state index in [9.17, 15) is 9.18 Å². The van der Waals surface area contributed by atoms with Crippen LogP contribution in [0.5, 0.6) is 0 Å². The van der Waals surface area contributed by atoms with Gasteiger partial charge in [0.05, 0.1) is 5.02 Å². The van der Waals surface area contributed by atoms with Crippen molar-refractivity contribution in [3.63, 3.8) is 0 Å². The Balaban J connectivity index is 2.34. The molecule has 0 bridgehead atoms. The van der Waals surface area contributed by atoms with Crippen molar-refractivity contribution < 1.29 is 9.18 Å². The van der Waals surface area contributed by atoms with Gasteiger partial charge in [-0.3, -0.25) is 4.79 Å². The molecule has 0 atom stereocenters. The minimum Gasteiger partial charge on any atom is -0.294 e. The van der Waals surface area contributed by atoms with Gasteiger partial charge < -0.3 is 0 Å². The van der Waals surface area contributed by atoms with Crippen LogP contribution in [0.4, 0.5) is 4.39 Å². The number of aryl methyl sites for hydroxylation is 2.